The number of anilines is 2. The van der Waals surface area contributed by atoms with Gasteiger partial charge in [-0.2, -0.15) is 5.10 Å². The molecular formula is C30H38N8O4S. The van der Waals surface area contributed by atoms with Crippen LogP contribution in [-0.2, 0) is 9.59 Å². The Hall–Kier alpha value is -4.65. The predicted molar refractivity (Wildman–Crippen MR) is 171 cm³/mol. The van der Waals surface area contributed by atoms with Crippen LogP contribution >= 0.6 is 12.2 Å². The lowest BCUT2D eigenvalue weighted by atomic mass is 10.00. The van der Waals surface area contributed by atoms with E-state index in [0.717, 1.165) is 83.6 Å². The van der Waals surface area contributed by atoms with Crippen LogP contribution in [0.1, 0.15) is 39.1 Å². The first-order valence-corrected chi connectivity index (χ1v) is 14.2. The number of hydrogen-bond donors (Lipinski definition) is 4. The molecule has 13 heteroatoms. The second-order valence-electron chi connectivity index (χ2n) is 10.4. The zero-order valence-electron chi connectivity index (χ0n) is 25.2. The molecule has 1 unspecified atom stereocenters. The largest absolute Gasteiger partial charge is 0.481 e. The van der Waals surface area contributed by atoms with Crippen LogP contribution < -0.4 is 10.2 Å². The molecular weight excluding hydrogens is 568 g/mol. The third kappa shape index (κ3) is 8.92. The lowest BCUT2D eigenvalue weighted by Crippen LogP contribution is -2.58. The summed E-state index contributed by atoms with van der Waals surface area (Å²) >= 11 is 5.90. The molecule has 4 N–H and O–H groups in total. The third-order valence-corrected chi connectivity index (χ3v) is 7.03. The van der Waals surface area contributed by atoms with Gasteiger partial charge in [-0.3, -0.25) is 19.7 Å². The van der Waals surface area contributed by atoms with E-state index in [2.05, 4.69) is 72.5 Å². The molecule has 1 aromatic carbocycles. The van der Waals surface area contributed by atoms with E-state index in [1.807, 2.05) is 44.3 Å². The number of rotatable bonds is 4. The van der Waals surface area contributed by atoms with Crippen molar-refractivity contribution in [2.75, 3.05) is 29.9 Å². The van der Waals surface area contributed by atoms with Gasteiger partial charge in [-0.05, 0) is 68.4 Å². The van der Waals surface area contributed by atoms with Crippen LogP contribution in [0.4, 0.5) is 11.5 Å². The molecule has 0 saturated carbocycles. The Kier molecular flexibility index (Phi) is 11.5. The number of aryl methyl sites for hydroxylation is 2. The lowest BCUT2D eigenvalue weighted by Gasteiger charge is -2.45. The number of hydrogen-bond acceptors (Lipinski definition) is 8. The van der Waals surface area contributed by atoms with Crippen molar-refractivity contribution in [1.82, 2.24) is 30.3 Å². The van der Waals surface area contributed by atoms with Gasteiger partial charge in [0, 0.05) is 62.0 Å². The second kappa shape index (κ2) is 15.0. The molecule has 4 heterocycles. The van der Waals surface area contributed by atoms with Crippen LogP contribution in [0.2, 0.25) is 0 Å². The fourth-order valence-electron chi connectivity index (χ4n) is 4.80. The summed E-state index contributed by atoms with van der Waals surface area (Å²) in [6.07, 6.45) is 1.81. The summed E-state index contributed by atoms with van der Waals surface area (Å²) in [6, 6.07) is 14.4. The van der Waals surface area contributed by atoms with E-state index in [4.69, 9.17) is 32.0 Å². The topological polar surface area (TPSA) is 160 Å². The Morgan fingerprint density at radius 1 is 1.02 bits per heavy atom. The van der Waals surface area contributed by atoms with Crippen LogP contribution in [0, 0.1) is 19.8 Å². The van der Waals surface area contributed by atoms with Crippen molar-refractivity contribution in [3.05, 3.63) is 60.0 Å². The molecule has 0 aliphatic carbocycles. The number of carboxylic acid groups (broad SMARTS) is 2. The molecule has 0 amide bonds. The van der Waals surface area contributed by atoms with Crippen molar-refractivity contribution < 1.29 is 19.8 Å². The molecule has 0 bridgehead atoms. The smallest absolute Gasteiger partial charge is 0.300 e. The van der Waals surface area contributed by atoms with E-state index in [1.54, 1.807) is 0 Å². The van der Waals surface area contributed by atoms with E-state index < -0.39 is 11.9 Å². The van der Waals surface area contributed by atoms with Crippen LogP contribution in [0.5, 0.6) is 0 Å². The van der Waals surface area contributed by atoms with Gasteiger partial charge in [0.05, 0.1) is 22.9 Å². The third-order valence-electron chi connectivity index (χ3n) is 6.70. The van der Waals surface area contributed by atoms with Crippen molar-refractivity contribution in [3.63, 3.8) is 0 Å². The van der Waals surface area contributed by atoms with E-state index in [0.29, 0.717) is 5.92 Å². The molecule has 12 nitrogen and oxygen atoms in total. The van der Waals surface area contributed by atoms with Gasteiger partial charge in [-0.25, -0.2) is 0 Å². The normalized spacial score (nSPS) is 14.3. The first kappa shape index (κ1) is 32.9. The monoisotopic (exact) mass is 606 g/mol. The Morgan fingerprint density at radius 2 is 1.72 bits per heavy atom. The Labute approximate surface area is 256 Å². The zero-order valence-corrected chi connectivity index (χ0v) is 26.0. The highest BCUT2D eigenvalue weighted by Gasteiger charge is 2.32. The van der Waals surface area contributed by atoms with Gasteiger partial charge in [-0.15, -0.1) is 10.2 Å². The van der Waals surface area contributed by atoms with E-state index in [-0.39, 0.29) is 6.04 Å². The number of fused-ring (bicyclic) bond motifs is 1. The number of aliphatic carboxylic acids is 2. The Bertz CT molecular complexity index is 1510. The number of benzene rings is 1. The number of carboxylic acids is 2. The van der Waals surface area contributed by atoms with E-state index in [9.17, 15) is 0 Å². The quantitative estimate of drug-likeness (QED) is 0.236. The lowest BCUT2D eigenvalue weighted by molar-refractivity contribution is -0.135. The second-order valence-corrected chi connectivity index (χ2v) is 10.8. The summed E-state index contributed by atoms with van der Waals surface area (Å²) < 4.78 is 0. The van der Waals surface area contributed by atoms with Gasteiger partial charge in [0.25, 0.3) is 11.9 Å². The molecule has 0 radical (unpaired) electrons. The van der Waals surface area contributed by atoms with Crippen molar-refractivity contribution in [3.8, 4) is 11.3 Å². The van der Waals surface area contributed by atoms with Gasteiger partial charge < -0.3 is 25.3 Å². The molecule has 228 valence electrons. The average Bonchev–Trinajstić information content (AvgIpc) is 3.29. The highest BCUT2D eigenvalue weighted by atomic mass is 32.1. The zero-order chi connectivity index (χ0) is 31.7. The van der Waals surface area contributed by atoms with Crippen LogP contribution in [-0.4, -0.2) is 83.2 Å². The molecule has 1 aliphatic rings. The number of nitrogens with zero attached hydrogens (tertiary/aromatic N) is 6. The Balaban J connectivity index is 0.000000566. The molecule has 3 aromatic heterocycles. The number of thiocarbonyl (C=S) groups is 1. The summed E-state index contributed by atoms with van der Waals surface area (Å²) in [5.41, 5.74) is 5.73. The van der Waals surface area contributed by atoms with Gasteiger partial charge in [-0.1, -0.05) is 19.9 Å². The van der Waals surface area contributed by atoms with Gasteiger partial charge in [0.1, 0.15) is 0 Å². The van der Waals surface area contributed by atoms with Crippen molar-refractivity contribution in [2.24, 2.45) is 5.92 Å². The van der Waals surface area contributed by atoms with Crippen molar-refractivity contribution >= 4 is 51.7 Å². The molecule has 0 spiro atoms. The van der Waals surface area contributed by atoms with Gasteiger partial charge in [0.2, 0.25) is 0 Å². The average molecular weight is 607 g/mol. The minimum atomic E-state index is -0.833. The number of H-pyrrole nitrogens is 1. The number of aromatic nitrogens is 5. The molecule has 1 atom stereocenters. The van der Waals surface area contributed by atoms with Crippen molar-refractivity contribution in [2.45, 2.75) is 47.6 Å². The van der Waals surface area contributed by atoms with E-state index >= 15 is 0 Å². The molecule has 5 rings (SSSR count). The first-order chi connectivity index (χ1) is 20.4. The SMILES string of the molecule is CC(=O)O.CC(=O)O.Cc1n[nH]c(C)c1-c1ccc(N2CCN(C(=S)Nc3cccc4ncccc34)C(C(C)C)C2)nn1. The minimum absolute atomic E-state index is 0.247. The first-order valence-electron chi connectivity index (χ1n) is 13.8. The summed E-state index contributed by atoms with van der Waals surface area (Å²) in [4.78, 5) is 27.1. The summed E-state index contributed by atoms with van der Waals surface area (Å²) in [7, 11) is 0. The van der Waals surface area contributed by atoms with Crippen LogP contribution in [0.15, 0.2) is 48.7 Å². The fourth-order valence-corrected chi connectivity index (χ4v) is 5.13. The maximum atomic E-state index is 9.00. The number of carbonyl (C=O) groups is 2. The molecule has 4 aromatic rings. The summed E-state index contributed by atoms with van der Waals surface area (Å²) in [5, 5.41) is 36.5. The minimum Gasteiger partial charge on any atom is -0.481 e. The molecule has 1 fully saturated rings. The summed E-state index contributed by atoms with van der Waals surface area (Å²) in [6.45, 7) is 13.1. The Morgan fingerprint density at radius 3 is 2.30 bits per heavy atom. The molecule has 1 saturated heterocycles. The van der Waals surface area contributed by atoms with Gasteiger partial charge in [0.15, 0.2) is 10.9 Å². The van der Waals surface area contributed by atoms with E-state index in [1.165, 1.54) is 0 Å². The number of aromatic amines is 1. The number of nitrogens with one attached hydrogen (secondary N) is 2. The maximum absolute atomic E-state index is 9.00. The van der Waals surface area contributed by atoms with Gasteiger partial charge >= 0.3 is 0 Å². The highest BCUT2D eigenvalue weighted by molar-refractivity contribution is 7.80. The van der Waals surface area contributed by atoms with Crippen LogP contribution in [0.25, 0.3) is 22.2 Å². The number of piperazine rings is 1. The van der Waals surface area contributed by atoms with Crippen molar-refractivity contribution in [1.29, 1.82) is 0 Å². The highest BCUT2D eigenvalue weighted by Crippen LogP contribution is 2.27. The molecule has 43 heavy (non-hydrogen) atoms. The predicted octanol–water partition coefficient (Wildman–Crippen LogP) is 4.76. The van der Waals surface area contributed by atoms with Crippen LogP contribution in [0.3, 0.4) is 0 Å². The number of pyridine rings is 1. The molecule has 1 aliphatic heterocycles. The maximum Gasteiger partial charge on any atom is 0.300 e. The standard InChI is InChI=1S/C26H30N8S.2C2H4O2/c1-16(2)23-15-33(24-11-10-22(31-32-24)25-17(3)29-30-18(25)4)13-14-34(23)26(35)28-21-9-5-8-20-19(21)7-6-12-27-20;2*1-2(3)4/h5-12,16,23H,13-15H2,1-4H3,(H,28,35)(H,29,30);2*1H3,(H,3,4). The fraction of sp³-hybridized carbons (Fsp3) is 0.367. The summed E-state index contributed by atoms with van der Waals surface area (Å²) in [5.74, 6) is -0.368.